The van der Waals surface area contributed by atoms with Gasteiger partial charge in [0, 0.05) is 13.6 Å². The fourth-order valence-corrected chi connectivity index (χ4v) is 2.88. The van der Waals surface area contributed by atoms with Gasteiger partial charge in [-0.1, -0.05) is 103 Å². The van der Waals surface area contributed by atoms with Gasteiger partial charge in [-0.3, -0.25) is 0 Å². The monoisotopic (exact) mass is 339 g/mol. The molecule has 0 N–H and O–H groups in total. The molecule has 3 heteroatoms. The maximum absolute atomic E-state index is 11.5. The first-order valence-corrected chi connectivity index (χ1v) is 10.2. The zero-order valence-corrected chi connectivity index (χ0v) is 16.4. The molecule has 0 aliphatic heterocycles. The quantitative estimate of drug-likeness (QED) is 0.217. The number of rotatable bonds is 17. The van der Waals surface area contributed by atoms with E-state index in [1.54, 1.807) is 18.0 Å². The lowest BCUT2D eigenvalue weighted by Gasteiger charge is -2.16. The van der Waals surface area contributed by atoms with Gasteiger partial charge >= 0.3 is 6.09 Å². The van der Waals surface area contributed by atoms with E-state index in [2.05, 4.69) is 13.5 Å². The van der Waals surface area contributed by atoms with Crippen molar-refractivity contribution in [2.24, 2.45) is 0 Å². The molecule has 0 unspecified atom stereocenters. The van der Waals surface area contributed by atoms with Gasteiger partial charge < -0.3 is 9.64 Å². The molecule has 0 rings (SSSR count). The van der Waals surface area contributed by atoms with Crippen LogP contribution in [-0.4, -0.2) is 31.2 Å². The van der Waals surface area contributed by atoms with E-state index >= 15 is 0 Å². The summed E-state index contributed by atoms with van der Waals surface area (Å²) in [4.78, 5) is 13.2. The molecule has 0 saturated heterocycles. The van der Waals surface area contributed by atoms with Crippen molar-refractivity contribution in [1.82, 2.24) is 4.90 Å². The molecule has 0 heterocycles. The first-order chi connectivity index (χ1) is 11.7. The molecule has 142 valence electrons. The molecule has 0 atom stereocenters. The highest BCUT2D eigenvalue weighted by Crippen LogP contribution is 2.13. The van der Waals surface area contributed by atoms with Crippen molar-refractivity contribution in [2.45, 2.75) is 96.8 Å². The van der Waals surface area contributed by atoms with E-state index in [9.17, 15) is 4.79 Å². The van der Waals surface area contributed by atoms with Crippen LogP contribution in [0.3, 0.4) is 0 Å². The minimum absolute atomic E-state index is 0.246. The predicted octanol–water partition coefficient (Wildman–Crippen LogP) is 6.72. The number of amides is 1. The van der Waals surface area contributed by atoms with Crippen LogP contribution >= 0.6 is 0 Å². The third-order valence-corrected chi connectivity index (χ3v) is 4.48. The number of unbranched alkanes of at least 4 members (excludes halogenated alkanes) is 13. The van der Waals surface area contributed by atoms with Crippen LogP contribution in [0.25, 0.3) is 0 Å². The number of ether oxygens (including phenoxy) is 1. The number of hydrogen-bond donors (Lipinski definition) is 0. The summed E-state index contributed by atoms with van der Waals surface area (Å²) in [5, 5.41) is 0. The minimum atomic E-state index is -0.246. The van der Waals surface area contributed by atoms with Crippen molar-refractivity contribution in [3.05, 3.63) is 12.7 Å². The molecule has 0 fully saturated rings. The maximum Gasteiger partial charge on any atom is 0.409 e. The van der Waals surface area contributed by atoms with Crippen molar-refractivity contribution in [1.29, 1.82) is 0 Å². The molecule has 0 spiro atoms. The molecular formula is C21H41NO2. The second-order valence-electron chi connectivity index (χ2n) is 6.88. The lowest BCUT2D eigenvalue weighted by Crippen LogP contribution is -2.28. The van der Waals surface area contributed by atoms with Gasteiger partial charge in [0.05, 0.1) is 0 Å². The summed E-state index contributed by atoms with van der Waals surface area (Å²) in [6.07, 6.45) is 20.3. The van der Waals surface area contributed by atoms with E-state index in [0.29, 0.717) is 6.61 Å². The first kappa shape index (κ1) is 23.0. The first-order valence-electron chi connectivity index (χ1n) is 10.2. The molecule has 0 aliphatic carbocycles. The Balaban J connectivity index is 3.19. The second-order valence-corrected chi connectivity index (χ2v) is 6.88. The topological polar surface area (TPSA) is 29.5 Å². The molecule has 0 bridgehead atoms. The molecular weight excluding hydrogens is 298 g/mol. The molecule has 0 radical (unpaired) electrons. The van der Waals surface area contributed by atoms with E-state index in [1.807, 2.05) is 0 Å². The Hall–Kier alpha value is -0.990. The lowest BCUT2D eigenvalue weighted by atomic mass is 10.0. The normalized spacial score (nSPS) is 10.6. The van der Waals surface area contributed by atoms with Gasteiger partial charge in [-0.25, -0.2) is 4.79 Å². The Kier molecular flexibility index (Phi) is 17.6. The second kappa shape index (κ2) is 18.4. The van der Waals surface area contributed by atoms with Crippen LogP contribution in [0.5, 0.6) is 0 Å². The molecule has 0 aromatic rings. The van der Waals surface area contributed by atoms with Crippen LogP contribution in [0.15, 0.2) is 12.7 Å². The number of hydrogen-bond acceptors (Lipinski definition) is 2. The van der Waals surface area contributed by atoms with Gasteiger partial charge in [-0.15, -0.1) is 0 Å². The van der Waals surface area contributed by atoms with E-state index in [4.69, 9.17) is 4.74 Å². The minimum Gasteiger partial charge on any atom is -0.445 e. The lowest BCUT2D eigenvalue weighted by molar-refractivity contribution is 0.121. The highest BCUT2D eigenvalue weighted by molar-refractivity contribution is 5.67. The van der Waals surface area contributed by atoms with Crippen LogP contribution in [-0.2, 0) is 4.74 Å². The Morgan fingerprint density at radius 2 is 1.25 bits per heavy atom. The van der Waals surface area contributed by atoms with Crippen molar-refractivity contribution < 1.29 is 9.53 Å². The SMILES string of the molecule is C=CCOC(=O)N(C)CCCCCCCCCCCCCCCC. The standard InChI is InChI=1S/C21H41NO2/c1-4-6-7-8-9-10-11-12-13-14-15-16-17-18-19-22(3)21(23)24-20-5-2/h5H,2,4,6-20H2,1,3H3. The molecule has 3 nitrogen and oxygen atoms in total. The van der Waals surface area contributed by atoms with E-state index in [0.717, 1.165) is 13.0 Å². The van der Waals surface area contributed by atoms with E-state index in [1.165, 1.54) is 83.5 Å². The van der Waals surface area contributed by atoms with Gasteiger partial charge in [0.15, 0.2) is 0 Å². The number of carbonyl (C=O) groups excluding carboxylic acids is 1. The summed E-state index contributed by atoms with van der Waals surface area (Å²) in [6.45, 7) is 6.89. The fraction of sp³-hybridized carbons (Fsp3) is 0.857. The van der Waals surface area contributed by atoms with Crippen molar-refractivity contribution >= 4 is 6.09 Å². The summed E-state index contributed by atoms with van der Waals surface area (Å²) >= 11 is 0. The highest BCUT2D eigenvalue weighted by atomic mass is 16.6. The molecule has 1 amide bonds. The molecule has 0 aromatic carbocycles. The summed E-state index contributed by atoms with van der Waals surface area (Å²) in [5.41, 5.74) is 0. The van der Waals surface area contributed by atoms with Crippen molar-refractivity contribution in [3.63, 3.8) is 0 Å². The summed E-state index contributed by atoms with van der Waals surface area (Å²) < 4.78 is 4.99. The van der Waals surface area contributed by atoms with Crippen LogP contribution in [0.1, 0.15) is 96.8 Å². The van der Waals surface area contributed by atoms with Crippen LogP contribution in [0, 0.1) is 0 Å². The van der Waals surface area contributed by atoms with Crippen molar-refractivity contribution in [3.8, 4) is 0 Å². The molecule has 24 heavy (non-hydrogen) atoms. The average Bonchev–Trinajstić information content (AvgIpc) is 2.59. The zero-order chi connectivity index (χ0) is 17.9. The fourth-order valence-electron chi connectivity index (χ4n) is 2.88. The van der Waals surface area contributed by atoms with Crippen LogP contribution < -0.4 is 0 Å². The Labute approximate surface area is 150 Å². The number of nitrogens with zero attached hydrogens (tertiary/aromatic N) is 1. The van der Waals surface area contributed by atoms with Crippen LogP contribution in [0.4, 0.5) is 4.79 Å². The third-order valence-electron chi connectivity index (χ3n) is 4.48. The van der Waals surface area contributed by atoms with Crippen LogP contribution in [0.2, 0.25) is 0 Å². The maximum atomic E-state index is 11.5. The zero-order valence-electron chi connectivity index (χ0n) is 16.4. The Morgan fingerprint density at radius 3 is 1.67 bits per heavy atom. The van der Waals surface area contributed by atoms with E-state index < -0.39 is 0 Å². The predicted molar refractivity (Wildman–Crippen MR) is 104 cm³/mol. The number of carbonyl (C=O) groups is 1. The average molecular weight is 340 g/mol. The molecule has 0 aromatic heterocycles. The van der Waals surface area contributed by atoms with Gasteiger partial charge in [0.2, 0.25) is 0 Å². The summed E-state index contributed by atoms with van der Waals surface area (Å²) in [6, 6.07) is 0. The summed E-state index contributed by atoms with van der Waals surface area (Å²) in [5.74, 6) is 0. The third kappa shape index (κ3) is 15.9. The largest absolute Gasteiger partial charge is 0.445 e. The highest BCUT2D eigenvalue weighted by Gasteiger charge is 2.07. The molecule has 0 aliphatic rings. The van der Waals surface area contributed by atoms with E-state index in [-0.39, 0.29) is 6.09 Å². The summed E-state index contributed by atoms with van der Waals surface area (Å²) in [7, 11) is 1.80. The smallest absolute Gasteiger partial charge is 0.409 e. The molecule has 0 saturated carbocycles. The van der Waals surface area contributed by atoms with Gasteiger partial charge in [0.25, 0.3) is 0 Å². The Morgan fingerprint density at radius 1 is 0.833 bits per heavy atom. The van der Waals surface area contributed by atoms with Gasteiger partial charge in [-0.2, -0.15) is 0 Å². The van der Waals surface area contributed by atoms with Gasteiger partial charge in [-0.05, 0) is 6.42 Å². The van der Waals surface area contributed by atoms with Crippen molar-refractivity contribution in [2.75, 3.05) is 20.2 Å². The Bertz CT molecular complexity index is 292. The van der Waals surface area contributed by atoms with Gasteiger partial charge in [0.1, 0.15) is 6.61 Å².